The molecule has 3 aromatic rings. The number of nitrogens with zero attached hydrogens (tertiary/aromatic N) is 5. The smallest absolute Gasteiger partial charge is 0.162 e. The lowest BCUT2D eigenvalue weighted by Gasteiger charge is -2.47. The van der Waals surface area contributed by atoms with Gasteiger partial charge in [-0.25, -0.2) is 4.98 Å². The van der Waals surface area contributed by atoms with Crippen LogP contribution < -0.4 is 5.32 Å². The molecule has 1 fully saturated rings. The van der Waals surface area contributed by atoms with Gasteiger partial charge in [0.2, 0.25) is 0 Å². The first-order valence-corrected chi connectivity index (χ1v) is 10.7. The minimum Gasteiger partial charge on any atom is -0.506 e. The highest BCUT2D eigenvalue weighted by molar-refractivity contribution is 6.11. The predicted octanol–water partition coefficient (Wildman–Crippen LogP) is 4.15. The number of pyridine rings is 1. The van der Waals surface area contributed by atoms with Crippen LogP contribution in [-0.4, -0.2) is 48.7 Å². The number of aromatic nitrogens is 4. The van der Waals surface area contributed by atoms with Crippen LogP contribution in [0, 0.1) is 0 Å². The van der Waals surface area contributed by atoms with Gasteiger partial charge in [0.25, 0.3) is 0 Å². The average Bonchev–Trinajstić information content (AvgIpc) is 3.35. The Labute approximate surface area is 181 Å². The van der Waals surface area contributed by atoms with Crippen molar-refractivity contribution in [3.8, 4) is 17.1 Å². The van der Waals surface area contributed by atoms with E-state index < -0.39 is 0 Å². The fourth-order valence-corrected chi connectivity index (χ4v) is 5.19. The Kier molecular flexibility index (Phi) is 4.48. The molecule has 0 radical (unpaired) electrons. The summed E-state index contributed by atoms with van der Waals surface area (Å²) in [5.74, 6) is 0.0913. The molecule has 0 atom stereocenters. The van der Waals surface area contributed by atoms with Gasteiger partial charge in [0.15, 0.2) is 5.65 Å². The van der Waals surface area contributed by atoms with Crippen LogP contribution in [-0.2, 0) is 0 Å². The van der Waals surface area contributed by atoms with Gasteiger partial charge in [-0.1, -0.05) is 6.08 Å². The van der Waals surface area contributed by atoms with Gasteiger partial charge in [0, 0.05) is 46.7 Å². The van der Waals surface area contributed by atoms with Crippen LogP contribution in [0.25, 0.3) is 28.0 Å². The largest absolute Gasteiger partial charge is 0.506 e. The Balaban J connectivity index is 1.48. The summed E-state index contributed by atoms with van der Waals surface area (Å²) in [6.45, 7) is 9.68. The Morgan fingerprint density at radius 1 is 1.10 bits per heavy atom. The van der Waals surface area contributed by atoms with Crippen LogP contribution in [0.2, 0.25) is 0 Å². The van der Waals surface area contributed by atoms with Crippen molar-refractivity contribution >= 4 is 22.8 Å². The molecule has 5 rings (SSSR count). The minimum absolute atomic E-state index is 0.0489. The van der Waals surface area contributed by atoms with Gasteiger partial charge in [-0.15, -0.1) is 10.2 Å². The second kappa shape index (κ2) is 6.99. The van der Waals surface area contributed by atoms with Crippen LogP contribution in [0.4, 0.5) is 0 Å². The lowest BCUT2D eigenvalue weighted by atomic mass is 9.79. The molecule has 0 aliphatic carbocycles. The molecule has 7 heteroatoms. The summed E-state index contributed by atoms with van der Waals surface area (Å²) in [6.07, 6.45) is 9.70. The molecule has 1 saturated heterocycles. The maximum atomic E-state index is 10.6. The lowest BCUT2D eigenvalue weighted by molar-refractivity contribution is 0.134. The molecule has 2 aliphatic heterocycles. The Morgan fingerprint density at radius 3 is 2.55 bits per heavy atom. The van der Waals surface area contributed by atoms with Crippen LogP contribution >= 0.6 is 0 Å². The van der Waals surface area contributed by atoms with E-state index in [1.54, 1.807) is 18.5 Å². The standard InChI is InChI=1S/C24H28N6O/c1-23(2)11-18(12-24(3,4)29-23)30-8-6-15-9-19(27-28-22(15)30)21-20(31)10-17(14-26-21)16-5-7-25-13-16/h5-6,8-10,13-14,18,29,31H,7,11-12H2,1-4H3. The summed E-state index contributed by atoms with van der Waals surface area (Å²) in [5.41, 5.74) is 3.78. The number of rotatable bonds is 3. The SMILES string of the molecule is CC1(C)CC(n2ccc3cc(-c4ncc(C5=CCN=C5)cc4O)nnc32)CC(C)(C)N1. The molecule has 0 spiro atoms. The molecule has 0 saturated carbocycles. The summed E-state index contributed by atoms with van der Waals surface area (Å²) < 4.78 is 2.25. The van der Waals surface area contributed by atoms with Gasteiger partial charge in [-0.05, 0) is 64.3 Å². The molecule has 3 aromatic heterocycles. The Bertz CT molecular complexity index is 1200. The first kappa shape index (κ1) is 19.9. The van der Waals surface area contributed by atoms with Crippen molar-refractivity contribution in [2.45, 2.75) is 57.7 Å². The summed E-state index contributed by atoms with van der Waals surface area (Å²) in [4.78, 5) is 8.65. The Hall–Kier alpha value is -3.06. The lowest BCUT2D eigenvalue weighted by Crippen LogP contribution is -2.57. The van der Waals surface area contributed by atoms with Crippen molar-refractivity contribution in [3.05, 3.63) is 42.2 Å². The van der Waals surface area contributed by atoms with E-state index in [1.165, 1.54) is 0 Å². The number of aliphatic imine (C=N–C) groups is 1. The van der Waals surface area contributed by atoms with Gasteiger partial charge in [-0.3, -0.25) is 4.99 Å². The number of fused-ring (bicyclic) bond motifs is 1. The van der Waals surface area contributed by atoms with E-state index in [1.807, 2.05) is 12.1 Å². The molecular weight excluding hydrogens is 388 g/mol. The van der Waals surface area contributed by atoms with Crippen LogP contribution in [0.5, 0.6) is 5.75 Å². The summed E-state index contributed by atoms with van der Waals surface area (Å²) in [7, 11) is 0. The van der Waals surface area contributed by atoms with E-state index in [2.05, 4.69) is 70.0 Å². The van der Waals surface area contributed by atoms with Crippen molar-refractivity contribution in [2.75, 3.05) is 6.54 Å². The number of nitrogens with one attached hydrogen (secondary N) is 1. The van der Waals surface area contributed by atoms with E-state index in [4.69, 9.17) is 0 Å². The predicted molar refractivity (Wildman–Crippen MR) is 123 cm³/mol. The molecular formula is C24H28N6O. The quantitative estimate of drug-likeness (QED) is 0.670. The third-order valence-corrected chi connectivity index (χ3v) is 6.11. The zero-order valence-corrected chi connectivity index (χ0v) is 18.4. The van der Waals surface area contributed by atoms with E-state index in [-0.39, 0.29) is 16.8 Å². The normalized spacial score (nSPS) is 20.3. The van der Waals surface area contributed by atoms with Crippen LogP contribution in [0.1, 0.15) is 52.1 Å². The summed E-state index contributed by atoms with van der Waals surface area (Å²) in [6, 6.07) is 6.08. The zero-order chi connectivity index (χ0) is 21.8. The van der Waals surface area contributed by atoms with Gasteiger partial charge < -0.3 is 15.0 Å². The van der Waals surface area contributed by atoms with Crippen molar-refractivity contribution < 1.29 is 5.11 Å². The van der Waals surface area contributed by atoms with Crippen LogP contribution in [0.3, 0.4) is 0 Å². The minimum atomic E-state index is 0.0489. The maximum absolute atomic E-state index is 10.6. The number of hydrogen-bond donors (Lipinski definition) is 2. The fraction of sp³-hybridized carbons (Fsp3) is 0.417. The maximum Gasteiger partial charge on any atom is 0.162 e. The Morgan fingerprint density at radius 2 is 1.87 bits per heavy atom. The number of aromatic hydroxyl groups is 1. The first-order valence-electron chi connectivity index (χ1n) is 10.7. The van der Waals surface area contributed by atoms with E-state index in [0.29, 0.717) is 24.0 Å². The second-order valence-corrected chi connectivity index (χ2v) is 9.93. The van der Waals surface area contributed by atoms with Gasteiger partial charge in [0.05, 0.1) is 6.54 Å². The fourth-order valence-electron chi connectivity index (χ4n) is 5.19. The topological polar surface area (TPSA) is 88.2 Å². The third kappa shape index (κ3) is 3.74. The molecule has 0 unspecified atom stereocenters. The summed E-state index contributed by atoms with van der Waals surface area (Å²) in [5, 5.41) is 24.3. The van der Waals surface area contributed by atoms with Crippen LogP contribution in [0.15, 0.2) is 41.7 Å². The van der Waals surface area contributed by atoms with E-state index in [9.17, 15) is 5.11 Å². The molecule has 7 nitrogen and oxygen atoms in total. The number of allylic oxidation sites excluding steroid dienone is 1. The van der Waals surface area contributed by atoms with Crippen molar-refractivity contribution in [2.24, 2.45) is 4.99 Å². The zero-order valence-electron chi connectivity index (χ0n) is 18.4. The average molecular weight is 417 g/mol. The molecule has 31 heavy (non-hydrogen) atoms. The van der Waals surface area contributed by atoms with Gasteiger partial charge in [-0.2, -0.15) is 0 Å². The van der Waals surface area contributed by atoms with Gasteiger partial charge in [0.1, 0.15) is 17.1 Å². The second-order valence-electron chi connectivity index (χ2n) is 9.93. The third-order valence-electron chi connectivity index (χ3n) is 6.11. The number of piperidine rings is 1. The molecule has 160 valence electrons. The molecule has 0 bridgehead atoms. The molecule has 0 amide bonds. The van der Waals surface area contributed by atoms with E-state index in [0.717, 1.165) is 35.0 Å². The first-order chi connectivity index (χ1) is 14.7. The number of hydrogen-bond acceptors (Lipinski definition) is 6. The summed E-state index contributed by atoms with van der Waals surface area (Å²) >= 11 is 0. The molecule has 2 aliphatic rings. The highest BCUT2D eigenvalue weighted by atomic mass is 16.3. The van der Waals surface area contributed by atoms with Gasteiger partial charge >= 0.3 is 0 Å². The highest BCUT2D eigenvalue weighted by Crippen LogP contribution is 2.38. The molecule has 0 aromatic carbocycles. The van der Waals surface area contributed by atoms with Crippen molar-refractivity contribution in [3.63, 3.8) is 0 Å². The molecule has 5 heterocycles. The molecule has 2 N–H and O–H groups in total. The van der Waals surface area contributed by atoms with Crippen molar-refractivity contribution in [1.82, 2.24) is 25.1 Å². The highest BCUT2D eigenvalue weighted by Gasteiger charge is 2.38. The van der Waals surface area contributed by atoms with Crippen molar-refractivity contribution in [1.29, 1.82) is 0 Å². The monoisotopic (exact) mass is 416 g/mol. The van der Waals surface area contributed by atoms with E-state index >= 15 is 0 Å².